The lowest BCUT2D eigenvalue weighted by Gasteiger charge is -2.15. The molecule has 98 valence electrons. The van der Waals surface area contributed by atoms with E-state index < -0.39 is 5.82 Å². The van der Waals surface area contributed by atoms with Gasteiger partial charge in [0.25, 0.3) is 0 Å². The van der Waals surface area contributed by atoms with Gasteiger partial charge in [0.2, 0.25) is 5.91 Å². The molecule has 0 aliphatic rings. The van der Waals surface area contributed by atoms with Gasteiger partial charge in [-0.1, -0.05) is 6.07 Å². The fourth-order valence-electron chi connectivity index (χ4n) is 1.59. The van der Waals surface area contributed by atoms with E-state index in [-0.39, 0.29) is 11.7 Å². The molecule has 3 nitrogen and oxygen atoms in total. The van der Waals surface area contributed by atoms with E-state index in [2.05, 4.69) is 0 Å². The number of nitrogens with zero attached hydrogens (tertiary/aromatic N) is 1. The lowest BCUT2D eigenvalue weighted by molar-refractivity contribution is -0.125. The molecule has 0 N–H and O–H groups in total. The van der Waals surface area contributed by atoms with Crippen LogP contribution in [0.5, 0.6) is 5.75 Å². The first-order valence-electron chi connectivity index (χ1n) is 5.92. The molecule has 0 aliphatic heterocycles. The standard InChI is InChI=1S/C14H18FNO2/c1-4-16(5-2)14(17)9-7-11-6-8-13(18-3)12(15)10-11/h6-10H,4-5H2,1-3H3/b9-7-. The molecule has 0 saturated carbocycles. The Balaban J connectivity index is 2.78. The highest BCUT2D eigenvalue weighted by molar-refractivity contribution is 5.91. The van der Waals surface area contributed by atoms with Crippen molar-refractivity contribution in [2.75, 3.05) is 20.2 Å². The number of carbonyl (C=O) groups is 1. The van der Waals surface area contributed by atoms with E-state index in [0.29, 0.717) is 18.7 Å². The number of halogens is 1. The van der Waals surface area contributed by atoms with Gasteiger partial charge in [0.1, 0.15) is 0 Å². The van der Waals surface area contributed by atoms with Crippen molar-refractivity contribution in [3.63, 3.8) is 0 Å². The van der Waals surface area contributed by atoms with Gasteiger partial charge in [0.15, 0.2) is 11.6 Å². The highest BCUT2D eigenvalue weighted by Gasteiger charge is 2.05. The van der Waals surface area contributed by atoms with Crippen LogP contribution in [-0.2, 0) is 4.79 Å². The fourth-order valence-corrected chi connectivity index (χ4v) is 1.59. The van der Waals surface area contributed by atoms with Crippen molar-refractivity contribution < 1.29 is 13.9 Å². The van der Waals surface area contributed by atoms with Crippen LogP contribution in [0, 0.1) is 5.82 Å². The van der Waals surface area contributed by atoms with Crippen LogP contribution in [0.3, 0.4) is 0 Å². The van der Waals surface area contributed by atoms with Crippen LogP contribution in [0.2, 0.25) is 0 Å². The third kappa shape index (κ3) is 3.58. The largest absolute Gasteiger partial charge is 0.494 e. The Morgan fingerprint density at radius 2 is 2.06 bits per heavy atom. The summed E-state index contributed by atoms with van der Waals surface area (Å²) in [5.41, 5.74) is 0.633. The summed E-state index contributed by atoms with van der Waals surface area (Å²) >= 11 is 0. The quantitative estimate of drug-likeness (QED) is 0.753. The third-order valence-electron chi connectivity index (χ3n) is 2.67. The molecule has 4 heteroatoms. The van der Waals surface area contributed by atoms with Gasteiger partial charge in [-0.2, -0.15) is 0 Å². The zero-order valence-electron chi connectivity index (χ0n) is 10.9. The van der Waals surface area contributed by atoms with E-state index in [0.717, 1.165) is 0 Å². The second-order valence-electron chi connectivity index (χ2n) is 3.74. The van der Waals surface area contributed by atoms with Gasteiger partial charge in [-0.05, 0) is 37.6 Å². The Morgan fingerprint density at radius 3 is 2.56 bits per heavy atom. The van der Waals surface area contributed by atoms with Crippen LogP contribution in [0.25, 0.3) is 6.08 Å². The van der Waals surface area contributed by atoms with Gasteiger partial charge >= 0.3 is 0 Å². The zero-order valence-corrected chi connectivity index (χ0v) is 10.9. The van der Waals surface area contributed by atoms with Crippen molar-refractivity contribution in [2.45, 2.75) is 13.8 Å². The molecule has 18 heavy (non-hydrogen) atoms. The average Bonchev–Trinajstić information content (AvgIpc) is 2.38. The number of hydrogen-bond donors (Lipinski definition) is 0. The molecule has 0 radical (unpaired) electrons. The second-order valence-corrected chi connectivity index (χ2v) is 3.74. The summed E-state index contributed by atoms with van der Waals surface area (Å²) in [6.45, 7) is 5.16. The normalized spacial score (nSPS) is 10.7. The number of ether oxygens (including phenoxy) is 1. The highest BCUT2D eigenvalue weighted by atomic mass is 19.1. The highest BCUT2D eigenvalue weighted by Crippen LogP contribution is 2.18. The molecule has 0 atom stereocenters. The van der Waals surface area contributed by atoms with Crippen molar-refractivity contribution >= 4 is 12.0 Å². The first-order chi connectivity index (χ1) is 8.62. The molecule has 0 heterocycles. The van der Waals surface area contributed by atoms with Crippen LogP contribution in [0.4, 0.5) is 4.39 Å². The zero-order chi connectivity index (χ0) is 13.5. The van der Waals surface area contributed by atoms with E-state index in [9.17, 15) is 9.18 Å². The molecule has 1 aromatic rings. The summed E-state index contributed by atoms with van der Waals surface area (Å²) in [6.07, 6.45) is 3.05. The van der Waals surface area contributed by atoms with Gasteiger partial charge < -0.3 is 9.64 Å². The third-order valence-corrected chi connectivity index (χ3v) is 2.67. The molecular formula is C14H18FNO2. The maximum Gasteiger partial charge on any atom is 0.246 e. The van der Waals surface area contributed by atoms with Crippen molar-refractivity contribution in [3.8, 4) is 5.75 Å². The minimum Gasteiger partial charge on any atom is -0.494 e. The Kier molecular flexibility index (Phi) is 5.36. The van der Waals surface area contributed by atoms with Crippen molar-refractivity contribution in [1.82, 2.24) is 4.90 Å². The molecule has 1 aromatic carbocycles. The minimum absolute atomic E-state index is 0.0729. The summed E-state index contributed by atoms with van der Waals surface area (Å²) in [7, 11) is 1.41. The van der Waals surface area contributed by atoms with E-state index >= 15 is 0 Å². The molecule has 1 amide bonds. The number of carbonyl (C=O) groups excluding carboxylic acids is 1. The molecular weight excluding hydrogens is 233 g/mol. The van der Waals surface area contributed by atoms with Crippen LogP contribution in [-0.4, -0.2) is 31.0 Å². The number of rotatable bonds is 5. The van der Waals surface area contributed by atoms with Crippen LogP contribution in [0.15, 0.2) is 24.3 Å². The maximum absolute atomic E-state index is 13.4. The first-order valence-corrected chi connectivity index (χ1v) is 5.92. The summed E-state index contributed by atoms with van der Waals surface area (Å²) in [6, 6.07) is 4.58. The van der Waals surface area contributed by atoms with Gasteiger partial charge in [-0.25, -0.2) is 4.39 Å². The Hall–Kier alpha value is -1.84. The van der Waals surface area contributed by atoms with Crippen LogP contribution in [0.1, 0.15) is 19.4 Å². The van der Waals surface area contributed by atoms with Crippen LogP contribution >= 0.6 is 0 Å². The lowest BCUT2D eigenvalue weighted by atomic mass is 10.2. The molecule has 0 aliphatic carbocycles. The topological polar surface area (TPSA) is 29.5 Å². The molecule has 0 spiro atoms. The second kappa shape index (κ2) is 6.79. The van der Waals surface area contributed by atoms with Gasteiger partial charge in [0, 0.05) is 19.2 Å². The molecule has 1 rings (SSSR count). The lowest BCUT2D eigenvalue weighted by Crippen LogP contribution is -2.28. The van der Waals surface area contributed by atoms with E-state index in [4.69, 9.17) is 4.74 Å². The molecule has 0 aromatic heterocycles. The number of hydrogen-bond acceptors (Lipinski definition) is 2. The van der Waals surface area contributed by atoms with Gasteiger partial charge in [-0.3, -0.25) is 4.79 Å². The van der Waals surface area contributed by atoms with E-state index in [1.54, 1.807) is 17.0 Å². The van der Waals surface area contributed by atoms with E-state index in [1.165, 1.54) is 25.3 Å². The number of benzene rings is 1. The first kappa shape index (κ1) is 14.2. The fraction of sp³-hybridized carbons (Fsp3) is 0.357. The smallest absolute Gasteiger partial charge is 0.246 e. The SMILES string of the molecule is CCN(CC)C(=O)/C=C\c1ccc(OC)c(F)c1. The van der Waals surface area contributed by atoms with Crippen LogP contribution < -0.4 is 4.74 Å². The van der Waals surface area contributed by atoms with Gasteiger partial charge in [-0.15, -0.1) is 0 Å². The summed E-state index contributed by atoms with van der Waals surface area (Å²) in [5.74, 6) is -0.312. The predicted octanol–water partition coefficient (Wildman–Crippen LogP) is 2.72. The Labute approximate surface area is 107 Å². The average molecular weight is 251 g/mol. The molecule has 0 saturated heterocycles. The summed E-state index contributed by atoms with van der Waals surface area (Å²) in [4.78, 5) is 13.4. The van der Waals surface area contributed by atoms with Crippen molar-refractivity contribution in [3.05, 3.63) is 35.7 Å². The molecule has 0 unspecified atom stereocenters. The van der Waals surface area contributed by atoms with Crippen molar-refractivity contribution in [2.24, 2.45) is 0 Å². The molecule has 0 fully saturated rings. The Bertz CT molecular complexity index is 439. The summed E-state index contributed by atoms with van der Waals surface area (Å²) < 4.78 is 18.2. The number of methoxy groups -OCH3 is 1. The van der Waals surface area contributed by atoms with E-state index in [1.807, 2.05) is 13.8 Å². The predicted molar refractivity (Wildman–Crippen MR) is 69.9 cm³/mol. The number of amides is 1. The van der Waals surface area contributed by atoms with Crippen molar-refractivity contribution in [1.29, 1.82) is 0 Å². The monoisotopic (exact) mass is 251 g/mol. The summed E-state index contributed by atoms with van der Waals surface area (Å²) in [5, 5.41) is 0. The molecule has 0 bridgehead atoms. The number of likely N-dealkylation sites (N-methyl/N-ethyl adjacent to an activating group) is 1. The minimum atomic E-state index is -0.435. The van der Waals surface area contributed by atoms with Gasteiger partial charge in [0.05, 0.1) is 7.11 Å². The Morgan fingerprint density at radius 1 is 1.39 bits per heavy atom. The maximum atomic E-state index is 13.4.